The number of carbonyl (C=O) groups is 1. The van der Waals surface area contributed by atoms with Gasteiger partial charge in [0.05, 0.1) is 0 Å². The van der Waals surface area contributed by atoms with Crippen LogP contribution in [0.2, 0.25) is 0 Å². The second kappa shape index (κ2) is 6.75. The predicted molar refractivity (Wildman–Crippen MR) is 90.5 cm³/mol. The fraction of sp³-hybridized carbons (Fsp3) is 0. The molecule has 0 N–H and O–H groups in total. The summed E-state index contributed by atoms with van der Waals surface area (Å²) in [6, 6.07) is 26.9. The zero-order valence-corrected chi connectivity index (χ0v) is 12.5. The molecule has 0 radical (unpaired) electrons. The molecule has 2 nitrogen and oxygen atoms in total. The Balaban J connectivity index is 2.18. The molecule has 0 atom stereocenters. The predicted octanol–water partition coefficient (Wildman–Crippen LogP) is 3.80. The highest BCUT2D eigenvalue weighted by atomic mass is 16.3. The maximum atomic E-state index is 12.9. The van der Waals surface area contributed by atoms with Gasteiger partial charge in [-0.2, -0.15) is 0 Å². The number of carbonyl (C=O) groups excluding carboxylic acids is 1. The highest BCUT2D eigenvalue weighted by Gasteiger charge is 2.15. The van der Waals surface area contributed by atoms with Gasteiger partial charge in [-0.05, 0) is 11.1 Å². The molecule has 0 spiro atoms. The molecule has 0 saturated carbocycles. The van der Waals surface area contributed by atoms with Gasteiger partial charge >= 0.3 is 0 Å². The molecule has 0 fully saturated rings. The van der Waals surface area contributed by atoms with Crippen LogP contribution in [0.1, 0.15) is 21.5 Å². The first-order valence-corrected chi connectivity index (χ1v) is 7.39. The summed E-state index contributed by atoms with van der Waals surface area (Å²) >= 11 is 0. The minimum atomic E-state index is -0.259. The summed E-state index contributed by atoms with van der Waals surface area (Å²) in [5, 5.41) is 12.9. The Bertz CT molecular complexity index is 819. The molecule has 0 unspecified atom stereocenters. The molecule has 0 bridgehead atoms. The molecule has 0 aliphatic rings. The lowest BCUT2D eigenvalue weighted by Gasteiger charge is -2.19. The Morgan fingerprint density at radius 1 is 0.565 bits per heavy atom. The van der Waals surface area contributed by atoms with Crippen LogP contribution >= 0.6 is 0 Å². The topological polar surface area (TPSA) is 40.1 Å². The standard InChI is InChI=1S/C21H16O2/c22-20(17-12-6-2-7-13-17)19(16-10-4-1-5-11-16)21(23)18-14-8-3-9-15-18/h1-15,22H/p-1/b20-19-. The van der Waals surface area contributed by atoms with Gasteiger partial charge < -0.3 is 5.11 Å². The van der Waals surface area contributed by atoms with E-state index in [-0.39, 0.29) is 17.1 Å². The van der Waals surface area contributed by atoms with Gasteiger partial charge in [-0.1, -0.05) is 96.8 Å². The lowest BCUT2D eigenvalue weighted by Crippen LogP contribution is -2.13. The molecule has 3 aromatic rings. The molecule has 0 aromatic heterocycles. The molecular formula is C21H15O2-. The van der Waals surface area contributed by atoms with E-state index < -0.39 is 0 Å². The number of ketones is 1. The molecule has 23 heavy (non-hydrogen) atoms. The SMILES string of the molecule is O=C(/C(=C(\[O-])c1ccccc1)c1ccccc1)c1ccccc1. The van der Waals surface area contributed by atoms with E-state index in [2.05, 4.69) is 0 Å². The van der Waals surface area contributed by atoms with Gasteiger partial charge in [-0.15, -0.1) is 0 Å². The Labute approximate surface area is 135 Å². The highest BCUT2D eigenvalue weighted by molar-refractivity contribution is 6.33. The van der Waals surface area contributed by atoms with E-state index in [9.17, 15) is 9.90 Å². The van der Waals surface area contributed by atoms with Gasteiger partial charge in [0.15, 0.2) is 5.78 Å². The number of benzene rings is 3. The van der Waals surface area contributed by atoms with Crippen molar-refractivity contribution in [2.45, 2.75) is 0 Å². The van der Waals surface area contributed by atoms with E-state index >= 15 is 0 Å². The Morgan fingerprint density at radius 3 is 1.43 bits per heavy atom. The molecule has 0 heterocycles. The second-order valence-electron chi connectivity index (χ2n) is 5.13. The average Bonchev–Trinajstić information content (AvgIpc) is 2.64. The molecule has 0 aliphatic carbocycles. The number of hydrogen-bond acceptors (Lipinski definition) is 2. The number of allylic oxidation sites excluding steroid dienone is 1. The molecule has 3 aromatic carbocycles. The van der Waals surface area contributed by atoms with Gasteiger partial charge in [0.1, 0.15) is 0 Å². The summed E-state index contributed by atoms with van der Waals surface area (Å²) < 4.78 is 0. The monoisotopic (exact) mass is 299 g/mol. The smallest absolute Gasteiger partial charge is 0.193 e. The van der Waals surface area contributed by atoms with Crippen LogP contribution in [-0.4, -0.2) is 5.78 Å². The first-order chi connectivity index (χ1) is 11.3. The third-order valence-corrected chi connectivity index (χ3v) is 3.59. The highest BCUT2D eigenvalue weighted by Crippen LogP contribution is 2.26. The van der Waals surface area contributed by atoms with Gasteiger partial charge in [0.25, 0.3) is 0 Å². The first-order valence-electron chi connectivity index (χ1n) is 7.39. The summed E-state index contributed by atoms with van der Waals surface area (Å²) in [5.41, 5.74) is 1.85. The summed E-state index contributed by atoms with van der Waals surface area (Å²) in [5.74, 6) is -0.517. The zero-order chi connectivity index (χ0) is 16.1. The minimum absolute atomic E-state index is 0.197. The van der Waals surface area contributed by atoms with E-state index in [1.165, 1.54) is 0 Å². The van der Waals surface area contributed by atoms with Crippen LogP contribution in [-0.2, 0) is 0 Å². The van der Waals surface area contributed by atoms with Crippen molar-refractivity contribution in [3.8, 4) is 0 Å². The van der Waals surface area contributed by atoms with Crippen LogP contribution < -0.4 is 5.11 Å². The number of hydrogen-bond donors (Lipinski definition) is 0. The molecule has 0 amide bonds. The van der Waals surface area contributed by atoms with Gasteiger partial charge in [-0.25, -0.2) is 0 Å². The third kappa shape index (κ3) is 3.22. The maximum absolute atomic E-state index is 12.9. The molecular weight excluding hydrogens is 284 g/mol. The van der Waals surface area contributed by atoms with Crippen LogP contribution in [0, 0.1) is 0 Å². The summed E-state index contributed by atoms with van der Waals surface area (Å²) in [6.45, 7) is 0. The van der Waals surface area contributed by atoms with Crippen molar-refractivity contribution in [2.24, 2.45) is 0 Å². The van der Waals surface area contributed by atoms with Gasteiger partial charge in [0.2, 0.25) is 0 Å². The second-order valence-corrected chi connectivity index (χ2v) is 5.13. The average molecular weight is 299 g/mol. The Hall–Kier alpha value is -3.13. The van der Waals surface area contributed by atoms with E-state index in [1.807, 2.05) is 30.3 Å². The molecule has 112 valence electrons. The Kier molecular flexibility index (Phi) is 4.34. The summed E-state index contributed by atoms with van der Waals surface area (Å²) in [4.78, 5) is 12.9. The van der Waals surface area contributed by atoms with Gasteiger partial charge in [-0.3, -0.25) is 4.79 Å². The van der Waals surface area contributed by atoms with E-state index in [4.69, 9.17) is 0 Å². The van der Waals surface area contributed by atoms with Crippen molar-refractivity contribution in [1.82, 2.24) is 0 Å². The van der Waals surface area contributed by atoms with Crippen LogP contribution in [0.4, 0.5) is 0 Å². The fourth-order valence-corrected chi connectivity index (χ4v) is 2.44. The number of Topliss-reactive ketones (excluding diaryl/α,β-unsaturated/α-hetero) is 1. The van der Waals surface area contributed by atoms with Crippen molar-refractivity contribution in [2.75, 3.05) is 0 Å². The Morgan fingerprint density at radius 2 is 0.957 bits per heavy atom. The summed E-state index contributed by atoms with van der Waals surface area (Å²) in [7, 11) is 0. The van der Waals surface area contributed by atoms with Crippen molar-refractivity contribution in [3.05, 3.63) is 108 Å². The van der Waals surface area contributed by atoms with Crippen LogP contribution in [0.15, 0.2) is 91.0 Å². The first kappa shape index (κ1) is 14.8. The van der Waals surface area contributed by atoms with Crippen molar-refractivity contribution >= 4 is 17.1 Å². The fourth-order valence-electron chi connectivity index (χ4n) is 2.44. The lowest BCUT2D eigenvalue weighted by atomic mass is 9.93. The summed E-state index contributed by atoms with van der Waals surface area (Å²) in [6.07, 6.45) is 0. The molecule has 0 saturated heterocycles. The lowest BCUT2D eigenvalue weighted by molar-refractivity contribution is -0.242. The molecule has 3 rings (SSSR count). The normalized spacial score (nSPS) is 11.7. The quantitative estimate of drug-likeness (QED) is 0.318. The van der Waals surface area contributed by atoms with Crippen LogP contribution in [0.5, 0.6) is 0 Å². The third-order valence-electron chi connectivity index (χ3n) is 3.59. The van der Waals surface area contributed by atoms with E-state index in [1.54, 1.807) is 60.7 Å². The van der Waals surface area contributed by atoms with Gasteiger partial charge in [0, 0.05) is 11.1 Å². The maximum Gasteiger partial charge on any atom is 0.193 e. The van der Waals surface area contributed by atoms with Crippen LogP contribution in [0.25, 0.3) is 11.3 Å². The van der Waals surface area contributed by atoms with Crippen molar-refractivity contribution in [3.63, 3.8) is 0 Å². The van der Waals surface area contributed by atoms with Crippen molar-refractivity contribution in [1.29, 1.82) is 0 Å². The minimum Gasteiger partial charge on any atom is -0.872 e. The van der Waals surface area contributed by atoms with Crippen LogP contribution in [0.3, 0.4) is 0 Å². The van der Waals surface area contributed by atoms with E-state index in [0.717, 1.165) is 0 Å². The molecule has 2 heteroatoms. The number of rotatable bonds is 4. The van der Waals surface area contributed by atoms with E-state index in [0.29, 0.717) is 16.7 Å². The molecule has 0 aliphatic heterocycles. The van der Waals surface area contributed by atoms with Crippen molar-refractivity contribution < 1.29 is 9.90 Å². The zero-order valence-electron chi connectivity index (χ0n) is 12.5. The largest absolute Gasteiger partial charge is 0.872 e.